The highest BCUT2D eigenvalue weighted by Gasteiger charge is 2.18. The van der Waals surface area contributed by atoms with Crippen LogP contribution in [0.3, 0.4) is 0 Å². The largest absolute Gasteiger partial charge is 0.466 e. The van der Waals surface area contributed by atoms with Gasteiger partial charge in [0, 0.05) is 12.8 Å². The molecular formula is C62H117NO5. The van der Waals surface area contributed by atoms with Gasteiger partial charge in [-0.3, -0.25) is 9.59 Å². The first kappa shape index (κ1) is 66.1. The normalized spacial score (nSPS) is 12.8. The molecule has 2 unspecified atom stereocenters. The molecule has 1 amide bonds. The van der Waals surface area contributed by atoms with Gasteiger partial charge >= 0.3 is 5.97 Å². The van der Waals surface area contributed by atoms with E-state index in [1.807, 2.05) is 6.08 Å². The van der Waals surface area contributed by atoms with Crippen LogP contribution in [-0.2, 0) is 14.3 Å². The molecular weight excluding hydrogens is 839 g/mol. The lowest BCUT2D eigenvalue weighted by molar-refractivity contribution is -0.143. The molecule has 0 aliphatic rings. The van der Waals surface area contributed by atoms with E-state index < -0.39 is 12.1 Å². The molecule has 68 heavy (non-hydrogen) atoms. The fourth-order valence-corrected chi connectivity index (χ4v) is 9.21. The molecule has 0 aliphatic carbocycles. The first-order chi connectivity index (χ1) is 33.5. The van der Waals surface area contributed by atoms with Gasteiger partial charge in [-0.1, -0.05) is 262 Å². The van der Waals surface area contributed by atoms with Gasteiger partial charge in [-0.05, 0) is 83.5 Å². The summed E-state index contributed by atoms with van der Waals surface area (Å²) in [4.78, 5) is 24.5. The predicted molar refractivity (Wildman–Crippen MR) is 296 cm³/mol. The number of esters is 1. The summed E-state index contributed by atoms with van der Waals surface area (Å²) in [6, 6.07) is -0.638. The molecule has 2 atom stereocenters. The van der Waals surface area contributed by atoms with Crippen LogP contribution in [0, 0.1) is 0 Å². The highest BCUT2D eigenvalue weighted by Crippen LogP contribution is 2.16. The third-order valence-electron chi connectivity index (χ3n) is 13.9. The van der Waals surface area contributed by atoms with Gasteiger partial charge in [0.1, 0.15) is 0 Å². The zero-order valence-electron chi connectivity index (χ0n) is 45.6. The van der Waals surface area contributed by atoms with E-state index in [2.05, 4.69) is 43.5 Å². The number of allylic oxidation sites excluding steroid dienone is 5. The van der Waals surface area contributed by atoms with Crippen molar-refractivity contribution in [1.29, 1.82) is 0 Å². The molecule has 3 N–H and O–H groups in total. The molecule has 0 aliphatic heterocycles. The van der Waals surface area contributed by atoms with E-state index >= 15 is 0 Å². The number of amides is 1. The average Bonchev–Trinajstić information content (AvgIpc) is 3.34. The zero-order chi connectivity index (χ0) is 49.3. The quantitative estimate of drug-likeness (QED) is 0.0321. The predicted octanol–water partition coefficient (Wildman–Crippen LogP) is 18.8. The molecule has 0 bridgehead atoms. The van der Waals surface area contributed by atoms with Crippen molar-refractivity contribution in [1.82, 2.24) is 5.32 Å². The molecule has 0 saturated heterocycles. The molecule has 0 fully saturated rings. The number of aliphatic hydroxyl groups excluding tert-OH is 2. The standard InChI is InChI=1S/C62H117NO5/c1-3-5-7-9-11-13-15-17-19-21-23-26-30-34-38-42-46-50-54-60(65)59(58-64)63-61(66)55-51-47-43-39-35-31-27-24-22-25-29-33-37-41-45-49-53-57-68-62(67)56-52-48-44-40-36-32-28-20-18-16-14-12-10-8-6-4-2/h20,22,25,28,50,54,59-60,64-65H,3-19,21,23-24,26-27,29-49,51-53,55-58H2,1-2H3,(H,63,66)/b25-22-,28-20-,54-50+. The van der Waals surface area contributed by atoms with Crippen molar-refractivity contribution in [2.45, 2.75) is 334 Å². The van der Waals surface area contributed by atoms with Crippen LogP contribution in [0.5, 0.6) is 0 Å². The van der Waals surface area contributed by atoms with Crippen molar-refractivity contribution in [3.05, 3.63) is 36.5 Å². The molecule has 0 aromatic heterocycles. The van der Waals surface area contributed by atoms with Gasteiger partial charge in [0.05, 0.1) is 25.4 Å². The summed E-state index contributed by atoms with van der Waals surface area (Å²) >= 11 is 0. The minimum Gasteiger partial charge on any atom is -0.466 e. The van der Waals surface area contributed by atoms with E-state index in [1.165, 1.54) is 238 Å². The summed E-state index contributed by atoms with van der Waals surface area (Å²) in [5.41, 5.74) is 0. The van der Waals surface area contributed by atoms with Crippen LogP contribution in [0.25, 0.3) is 0 Å². The van der Waals surface area contributed by atoms with Gasteiger partial charge < -0.3 is 20.3 Å². The summed E-state index contributed by atoms with van der Waals surface area (Å²) in [6.45, 7) is 4.89. The second kappa shape index (κ2) is 57.7. The van der Waals surface area contributed by atoms with Gasteiger partial charge in [0.2, 0.25) is 5.91 Å². The van der Waals surface area contributed by atoms with E-state index in [0.29, 0.717) is 19.4 Å². The van der Waals surface area contributed by atoms with E-state index in [-0.39, 0.29) is 18.5 Å². The van der Waals surface area contributed by atoms with Crippen molar-refractivity contribution in [2.24, 2.45) is 0 Å². The highest BCUT2D eigenvalue weighted by molar-refractivity contribution is 5.76. The number of carbonyl (C=O) groups excluding carboxylic acids is 2. The van der Waals surface area contributed by atoms with Gasteiger partial charge in [0.15, 0.2) is 0 Å². The van der Waals surface area contributed by atoms with Crippen LogP contribution >= 0.6 is 0 Å². The summed E-state index contributed by atoms with van der Waals surface area (Å²) < 4.78 is 5.47. The highest BCUT2D eigenvalue weighted by atomic mass is 16.5. The Morgan fingerprint density at radius 3 is 1.04 bits per heavy atom. The van der Waals surface area contributed by atoms with E-state index in [4.69, 9.17) is 4.74 Å². The number of hydrogen-bond donors (Lipinski definition) is 3. The second-order valence-electron chi connectivity index (χ2n) is 20.7. The average molecular weight is 957 g/mol. The second-order valence-corrected chi connectivity index (χ2v) is 20.7. The SMILES string of the molecule is CCCCCCCCC/C=C\CCCCCCCC(=O)OCCCCCCCC/C=C\CCCCCCCCCC(=O)NC(CO)C(O)/C=C/CCCCCCCCCCCCCCCCCC. The molecule has 400 valence electrons. The van der Waals surface area contributed by atoms with Crippen LogP contribution in [0.1, 0.15) is 322 Å². The number of carbonyl (C=O) groups is 2. The van der Waals surface area contributed by atoms with Crippen molar-refractivity contribution < 1.29 is 24.5 Å². The zero-order valence-corrected chi connectivity index (χ0v) is 45.6. The van der Waals surface area contributed by atoms with Crippen LogP contribution in [0.15, 0.2) is 36.5 Å². The van der Waals surface area contributed by atoms with E-state index in [1.54, 1.807) is 6.08 Å². The maximum absolute atomic E-state index is 12.5. The molecule has 6 nitrogen and oxygen atoms in total. The van der Waals surface area contributed by atoms with Crippen LogP contribution in [-0.4, -0.2) is 47.4 Å². The molecule has 0 aromatic rings. The lowest BCUT2D eigenvalue weighted by Gasteiger charge is -2.20. The number of ether oxygens (including phenoxy) is 1. The summed E-state index contributed by atoms with van der Waals surface area (Å²) in [5, 5.41) is 23.1. The van der Waals surface area contributed by atoms with Gasteiger partial charge in [-0.15, -0.1) is 0 Å². The molecule has 0 saturated carbocycles. The molecule has 0 aromatic carbocycles. The van der Waals surface area contributed by atoms with Crippen molar-refractivity contribution in [3.8, 4) is 0 Å². The minimum absolute atomic E-state index is 0.0100. The Hall–Kier alpha value is -1.92. The Bertz CT molecular complexity index is 1100. The lowest BCUT2D eigenvalue weighted by atomic mass is 10.0. The molecule has 0 heterocycles. The van der Waals surface area contributed by atoms with Gasteiger partial charge in [0.25, 0.3) is 0 Å². The van der Waals surface area contributed by atoms with Crippen LogP contribution < -0.4 is 5.32 Å². The number of aliphatic hydroxyl groups is 2. The summed E-state index contributed by atoms with van der Waals surface area (Å²) in [7, 11) is 0. The Labute approximate surface area is 424 Å². The first-order valence-electron chi connectivity index (χ1n) is 30.3. The number of hydrogen-bond acceptors (Lipinski definition) is 5. The third-order valence-corrected chi connectivity index (χ3v) is 13.9. The molecule has 0 radical (unpaired) electrons. The third kappa shape index (κ3) is 53.4. The Balaban J connectivity index is 3.49. The van der Waals surface area contributed by atoms with E-state index in [0.717, 1.165) is 57.8 Å². The van der Waals surface area contributed by atoms with Crippen LogP contribution in [0.4, 0.5) is 0 Å². The topological polar surface area (TPSA) is 95.9 Å². The van der Waals surface area contributed by atoms with Gasteiger partial charge in [-0.2, -0.15) is 0 Å². The minimum atomic E-state index is -0.853. The van der Waals surface area contributed by atoms with Crippen molar-refractivity contribution in [3.63, 3.8) is 0 Å². The number of unbranched alkanes of at least 4 members (excludes halogenated alkanes) is 41. The Kier molecular flexibility index (Phi) is 56.0. The smallest absolute Gasteiger partial charge is 0.305 e. The van der Waals surface area contributed by atoms with Crippen LogP contribution in [0.2, 0.25) is 0 Å². The maximum Gasteiger partial charge on any atom is 0.305 e. The van der Waals surface area contributed by atoms with Gasteiger partial charge in [-0.25, -0.2) is 0 Å². The first-order valence-corrected chi connectivity index (χ1v) is 30.3. The fraction of sp³-hybridized carbons (Fsp3) is 0.871. The Morgan fingerprint density at radius 2 is 0.691 bits per heavy atom. The molecule has 6 heteroatoms. The van der Waals surface area contributed by atoms with Crippen molar-refractivity contribution in [2.75, 3.05) is 13.2 Å². The van der Waals surface area contributed by atoms with E-state index in [9.17, 15) is 19.8 Å². The number of nitrogens with one attached hydrogen (secondary N) is 1. The summed E-state index contributed by atoms with van der Waals surface area (Å²) in [6.07, 6.45) is 71.7. The monoisotopic (exact) mass is 956 g/mol. The molecule has 0 spiro atoms. The number of rotatable bonds is 56. The maximum atomic E-state index is 12.5. The lowest BCUT2D eigenvalue weighted by Crippen LogP contribution is -2.45. The fourth-order valence-electron chi connectivity index (χ4n) is 9.21. The van der Waals surface area contributed by atoms with Crippen molar-refractivity contribution >= 4 is 11.9 Å². The molecule has 0 rings (SSSR count). The Morgan fingerprint density at radius 1 is 0.397 bits per heavy atom. The summed E-state index contributed by atoms with van der Waals surface area (Å²) in [5.74, 6) is -0.0887.